The average Bonchev–Trinajstić information content (AvgIpc) is 3.10. The number of carbonyl (C=O) groups is 4. The monoisotopic (exact) mass is 455 g/mol. The van der Waals surface area contributed by atoms with Crippen LogP contribution in [0.4, 0.5) is 4.79 Å². The zero-order chi connectivity index (χ0) is 24.2. The Morgan fingerprint density at radius 3 is 2.38 bits per heavy atom. The normalized spacial score (nSPS) is 26.6. The minimum atomic E-state index is -0.996. The molecule has 2 rings (SSSR count). The van der Waals surface area contributed by atoms with Crippen LogP contribution >= 0.6 is 0 Å². The van der Waals surface area contributed by atoms with Crippen LogP contribution in [0.2, 0.25) is 0 Å². The molecule has 0 aromatic carbocycles. The quantitative estimate of drug-likeness (QED) is 0.574. The van der Waals surface area contributed by atoms with Gasteiger partial charge in [-0.05, 0) is 52.9 Å². The van der Waals surface area contributed by atoms with E-state index in [4.69, 9.17) is 9.47 Å². The van der Waals surface area contributed by atoms with Gasteiger partial charge in [-0.25, -0.2) is 9.59 Å². The van der Waals surface area contributed by atoms with Crippen molar-refractivity contribution in [1.29, 1.82) is 0 Å². The first-order valence-electron chi connectivity index (χ1n) is 11.2. The molecule has 0 aromatic rings. The summed E-state index contributed by atoms with van der Waals surface area (Å²) in [5.41, 5.74) is -0.715. The number of nitrogens with zero attached hydrogens (tertiary/aromatic N) is 2. The first-order valence-corrected chi connectivity index (χ1v) is 11.2. The van der Waals surface area contributed by atoms with E-state index in [0.717, 1.165) is 0 Å². The van der Waals surface area contributed by atoms with Gasteiger partial charge in [-0.15, -0.1) is 0 Å². The first-order chi connectivity index (χ1) is 14.9. The standard InChI is InChI=1S/C22H37N3O7/c1-7-15(24(5)21(30)32-22(2,3)4)18(27)23-17-13(12-26)8-9-14-10-11-16(20(29)31-6)25(14)19(17)28/h13-17,26H,7-12H2,1-6H3,(H,23,27). The highest BCUT2D eigenvalue weighted by Gasteiger charge is 2.48. The Morgan fingerprint density at radius 1 is 1.22 bits per heavy atom. The lowest BCUT2D eigenvalue weighted by molar-refractivity contribution is -0.153. The van der Waals surface area contributed by atoms with Crippen LogP contribution in [0.5, 0.6) is 0 Å². The second-order valence-electron chi connectivity index (χ2n) is 9.54. The van der Waals surface area contributed by atoms with Gasteiger partial charge in [0.05, 0.1) is 7.11 Å². The van der Waals surface area contributed by atoms with Crippen LogP contribution in [0.1, 0.15) is 59.8 Å². The molecule has 0 spiro atoms. The number of hydrogen-bond acceptors (Lipinski definition) is 7. The maximum Gasteiger partial charge on any atom is 0.410 e. The van der Waals surface area contributed by atoms with Gasteiger partial charge >= 0.3 is 12.1 Å². The van der Waals surface area contributed by atoms with E-state index in [1.54, 1.807) is 27.7 Å². The summed E-state index contributed by atoms with van der Waals surface area (Å²) in [7, 11) is 2.76. The van der Waals surface area contributed by atoms with Gasteiger partial charge in [-0.1, -0.05) is 6.92 Å². The van der Waals surface area contributed by atoms with E-state index in [1.807, 2.05) is 0 Å². The molecule has 10 nitrogen and oxygen atoms in total. The number of hydrogen-bond donors (Lipinski definition) is 2. The molecule has 10 heteroatoms. The molecule has 2 aliphatic rings. The second kappa shape index (κ2) is 10.5. The Hall–Kier alpha value is -2.36. The molecule has 182 valence electrons. The molecule has 3 amide bonds. The summed E-state index contributed by atoms with van der Waals surface area (Å²) in [5, 5.41) is 12.7. The highest BCUT2D eigenvalue weighted by Crippen LogP contribution is 2.34. The van der Waals surface area contributed by atoms with Crippen molar-refractivity contribution in [2.75, 3.05) is 20.8 Å². The maximum absolute atomic E-state index is 13.5. The van der Waals surface area contributed by atoms with Crippen molar-refractivity contribution in [3.8, 4) is 0 Å². The number of aliphatic hydroxyl groups is 1. The van der Waals surface area contributed by atoms with Crippen molar-refractivity contribution >= 4 is 23.9 Å². The lowest BCUT2D eigenvalue weighted by Gasteiger charge is -2.33. The number of esters is 1. The van der Waals surface area contributed by atoms with Gasteiger partial charge in [0.2, 0.25) is 11.8 Å². The van der Waals surface area contributed by atoms with Crippen LogP contribution in [0, 0.1) is 5.92 Å². The molecular formula is C22H37N3O7. The third-order valence-electron chi connectivity index (χ3n) is 6.21. The molecule has 5 atom stereocenters. The van der Waals surface area contributed by atoms with Crippen molar-refractivity contribution in [2.45, 2.75) is 89.6 Å². The van der Waals surface area contributed by atoms with Gasteiger partial charge in [-0.3, -0.25) is 14.5 Å². The first kappa shape index (κ1) is 25.9. The molecule has 0 aliphatic carbocycles. The van der Waals surface area contributed by atoms with Gasteiger partial charge in [0.25, 0.3) is 0 Å². The van der Waals surface area contributed by atoms with Crippen LogP contribution in [-0.2, 0) is 23.9 Å². The van der Waals surface area contributed by atoms with E-state index in [0.29, 0.717) is 32.1 Å². The van der Waals surface area contributed by atoms with Gasteiger partial charge in [-0.2, -0.15) is 0 Å². The number of methoxy groups -OCH3 is 1. The molecule has 0 radical (unpaired) electrons. The molecule has 2 heterocycles. The summed E-state index contributed by atoms with van der Waals surface area (Å²) in [6.45, 7) is 6.69. The van der Waals surface area contributed by atoms with E-state index >= 15 is 0 Å². The van der Waals surface area contributed by atoms with Crippen molar-refractivity contribution in [3.05, 3.63) is 0 Å². The molecule has 2 aliphatic heterocycles. The Morgan fingerprint density at radius 2 is 1.84 bits per heavy atom. The van der Waals surface area contributed by atoms with Gasteiger partial charge in [0.15, 0.2) is 0 Å². The topological polar surface area (TPSA) is 125 Å². The highest BCUT2D eigenvalue weighted by atomic mass is 16.6. The highest BCUT2D eigenvalue weighted by molar-refractivity contribution is 5.94. The predicted molar refractivity (Wildman–Crippen MR) is 115 cm³/mol. The van der Waals surface area contributed by atoms with Crippen LogP contribution < -0.4 is 5.32 Å². The Kier molecular flexibility index (Phi) is 8.50. The Balaban J connectivity index is 2.22. The van der Waals surface area contributed by atoms with Gasteiger partial charge < -0.3 is 24.8 Å². The largest absolute Gasteiger partial charge is 0.467 e. The lowest BCUT2D eigenvalue weighted by atomic mass is 9.93. The molecule has 2 saturated heterocycles. The van der Waals surface area contributed by atoms with Crippen LogP contribution in [0.3, 0.4) is 0 Å². The zero-order valence-corrected chi connectivity index (χ0v) is 19.9. The number of rotatable bonds is 6. The van der Waals surface area contributed by atoms with E-state index in [2.05, 4.69) is 5.32 Å². The van der Waals surface area contributed by atoms with E-state index in [-0.39, 0.29) is 12.6 Å². The summed E-state index contributed by atoms with van der Waals surface area (Å²) in [4.78, 5) is 54.0. The fraction of sp³-hybridized carbons (Fsp3) is 0.818. The van der Waals surface area contributed by atoms with Crippen molar-refractivity contribution in [1.82, 2.24) is 15.1 Å². The third kappa shape index (κ3) is 5.70. The fourth-order valence-corrected chi connectivity index (χ4v) is 4.52. The predicted octanol–water partition coefficient (Wildman–Crippen LogP) is 1.05. The molecule has 0 bridgehead atoms. The summed E-state index contributed by atoms with van der Waals surface area (Å²) in [6, 6.07) is -2.68. The molecule has 32 heavy (non-hydrogen) atoms. The van der Waals surface area contributed by atoms with Crippen molar-refractivity contribution in [3.63, 3.8) is 0 Å². The summed E-state index contributed by atoms with van der Waals surface area (Å²) >= 11 is 0. The molecule has 2 N–H and O–H groups in total. The van der Waals surface area contributed by atoms with Crippen LogP contribution in [-0.4, -0.2) is 89.3 Å². The summed E-state index contributed by atoms with van der Waals surface area (Å²) in [6.07, 6.45) is 2.00. The minimum Gasteiger partial charge on any atom is -0.467 e. The number of aliphatic hydroxyl groups excluding tert-OH is 1. The Bertz CT molecular complexity index is 721. The fourth-order valence-electron chi connectivity index (χ4n) is 4.52. The molecule has 2 fully saturated rings. The SMILES string of the molecule is CCC(C(=O)NC1C(=O)N2C(CCC1CO)CCC2C(=O)OC)N(C)C(=O)OC(C)(C)C. The maximum atomic E-state index is 13.5. The molecule has 0 saturated carbocycles. The average molecular weight is 456 g/mol. The van der Waals surface area contributed by atoms with Gasteiger partial charge in [0.1, 0.15) is 23.7 Å². The van der Waals surface area contributed by atoms with E-state index in [1.165, 1.54) is 24.0 Å². The van der Waals surface area contributed by atoms with Crippen LogP contribution in [0.15, 0.2) is 0 Å². The summed E-state index contributed by atoms with van der Waals surface area (Å²) in [5.74, 6) is -1.88. The summed E-state index contributed by atoms with van der Waals surface area (Å²) < 4.78 is 10.2. The number of carbonyl (C=O) groups excluding carboxylic acids is 4. The molecular weight excluding hydrogens is 418 g/mol. The Labute approximate surface area is 189 Å². The minimum absolute atomic E-state index is 0.131. The molecule has 5 unspecified atom stereocenters. The molecule has 0 aromatic heterocycles. The number of ether oxygens (including phenoxy) is 2. The zero-order valence-electron chi connectivity index (χ0n) is 19.9. The smallest absolute Gasteiger partial charge is 0.410 e. The third-order valence-corrected chi connectivity index (χ3v) is 6.21. The number of amides is 3. The van der Waals surface area contributed by atoms with E-state index in [9.17, 15) is 24.3 Å². The van der Waals surface area contributed by atoms with Crippen molar-refractivity contribution < 1.29 is 33.8 Å². The second-order valence-corrected chi connectivity index (χ2v) is 9.54. The lowest BCUT2D eigenvalue weighted by Crippen LogP contribution is -2.58. The number of nitrogens with one attached hydrogen (secondary N) is 1. The number of fused-ring (bicyclic) bond motifs is 1. The van der Waals surface area contributed by atoms with Crippen LogP contribution in [0.25, 0.3) is 0 Å². The van der Waals surface area contributed by atoms with E-state index < -0.39 is 53.5 Å². The van der Waals surface area contributed by atoms with Crippen molar-refractivity contribution in [2.24, 2.45) is 5.92 Å². The van der Waals surface area contributed by atoms with Gasteiger partial charge in [0, 0.05) is 25.6 Å². The number of likely N-dealkylation sites (N-methyl/N-ethyl adjacent to an activating group) is 1.